The molecular formula is C27H34N4O3. The van der Waals surface area contributed by atoms with Crippen molar-refractivity contribution in [3.8, 4) is 17.4 Å². The summed E-state index contributed by atoms with van der Waals surface area (Å²) in [6.07, 6.45) is 6.93. The molecule has 0 atom stereocenters. The molecule has 1 amide bonds. The Morgan fingerprint density at radius 3 is 2.62 bits per heavy atom. The van der Waals surface area contributed by atoms with E-state index in [9.17, 15) is 4.79 Å². The van der Waals surface area contributed by atoms with Gasteiger partial charge in [-0.1, -0.05) is 31.0 Å². The summed E-state index contributed by atoms with van der Waals surface area (Å²) in [6.45, 7) is 5.89. The van der Waals surface area contributed by atoms with Crippen LogP contribution >= 0.6 is 0 Å². The van der Waals surface area contributed by atoms with Gasteiger partial charge >= 0.3 is 0 Å². The number of hydrogen-bond donors (Lipinski definition) is 0. The highest BCUT2D eigenvalue weighted by Gasteiger charge is 2.20. The number of hydrogen-bond acceptors (Lipinski definition) is 5. The lowest BCUT2D eigenvalue weighted by atomic mass is 10.1. The molecule has 2 aromatic heterocycles. The first-order chi connectivity index (χ1) is 16.5. The summed E-state index contributed by atoms with van der Waals surface area (Å²) in [7, 11) is 1.95. The van der Waals surface area contributed by atoms with Gasteiger partial charge in [0.05, 0.1) is 18.8 Å². The fourth-order valence-corrected chi connectivity index (χ4v) is 4.40. The number of nitrogens with zero attached hydrogens (tertiary/aromatic N) is 4. The summed E-state index contributed by atoms with van der Waals surface area (Å²) < 4.78 is 14.1. The SMILES string of the molecule is Cc1nn(C)c(C)c1CCC(=O)N1CCCCCCOc2ccccc2Oc2ncccc2C1. The third-order valence-electron chi connectivity index (χ3n) is 6.45. The van der Waals surface area contributed by atoms with Gasteiger partial charge < -0.3 is 14.4 Å². The summed E-state index contributed by atoms with van der Waals surface area (Å²) in [6, 6.07) is 11.5. The Morgan fingerprint density at radius 2 is 1.82 bits per heavy atom. The van der Waals surface area contributed by atoms with E-state index in [0.717, 1.165) is 49.2 Å². The number of aryl methyl sites for hydroxylation is 2. The van der Waals surface area contributed by atoms with Crippen molar-refractivity contribution in [1.29, 1.82) is 0 Å². The lowest BCUT2D eigenvalue weighted by Crippen LogP contribution is -2.32. The Bertz CT molecular complexity index is 1120. The standard InChI is InChI=1S/C27H34N4O3/c1-20-23(21(2)30(3)29-20)14-15-26(32)31-17-8-4-5-9-18-33-24-12-6-7-13-25(24)34-27-22(19-31)11-10-16-28-27/h6-7,10-13,16H,4-5,8-9,14-15,17-19H2,1-3H3. The average Bonchev–Trinajstić information content (AvgIpc) is 3.08. The van der Waals surface area contributed by atoms with Crippen LogP contribution in [0.15, 0.2) is 42.6 Å². The number of carbonyl (C=O) groups excluding carboxylic acids is 1. The topological polar surface area (TPSA) is 69.5 Å². The Labute approximate surface area is 201 Å². The van der Waals surface area contributed by atoms with Crippen LogP contribution in [0.4, 0.5) is 0 Å². The quantitative estimate of drug-likeness (QED) is 0.539. The molecule has 1 aromatic carbocycles. The predicted octanol–water partition coefficient (Wildman–Crippen LogP) is 5.14. The monoisotopic (exact) mass is 462 g/mol. The van der Waals surface area contributed by atoms with Crippen molar-refractivity contribution >= 4 is 5.91 Å². The molecule has 7 nitrogen and oxygen atoms in total. The predicted molar refractivity (Wildman–Crippen MR) is 131 cm³/mol. The molecular weight excluding hydrogens is 428 g/mol. The van der Waals surface area contributed by atoms with E-state index in [1.807, 2.05) is 60.0 Å². The number of fused-ring (bicyclic) bond motifs is 2. The van der Waals surface area contributed by atoms with Gasteiger partial charge in [0, 0.05) is 37.5 Å². The fraction of sp³-hybridized carbons (Fsp3) is 0.444. The molecule has 0 saturated carbocycles. The molecule has 0 unspecified atom stereocenters. The van der Waals surface area contributed by atoms with Gasteiger partial charge in [0.2, 0.25) is 11.8 Å². The minimum absolute atomic E-state index is 0.147. The Kier molecular flexibility index (Phi) is 7.83. The van der Waals surface area contributed by atoms with Gasteiger partial charge in [-0.25, -0.2) is 4.98 Å². The number of benzene rings is 1. The molecule has 34 heavy (non-hydrogen) atoms. The maximum absolute atomic E-state index is 13.4. The van der Waals surface area contributed by atoms with Crippen molar-refractivity contribution < 1.29 is 14.3 Å². The molecule has 1 aliphatic heterocycles. The average molecular weight is 463 g/mol. The third kappa shape index (κ3) is 5.76. The van der Waals surface area contributed by atoms with E-state index >= 15 is 0 Å². The van der Waals surface area contributed by atoms with Crippen molar-refractivity contribution in [2.24, 2.45) is 7.05 Å². The van der Waals surface area contributed by atoms with Crippen LogP contribution in [0.3, 0.4) is 0 Å². The van der Waals surface area contributed by atoms with Crippen LogP contribution in [0, 0.1) is 13.8 Å². The maximum atomic E-state index is 13.4. The molecule has 4 rings (SSSR count). The smallest absolute Gasteiger partial charge is 0.224 e. The zero-order valence-corrected chi connectivity index (χ0v) is 20.4. The van der Waals surface area contributed by atoms with Crippen LogP contribution in [0.1, 0.15) is 54.6 Å². The second-order valence-corrected chi connectivity index (χ2v) is 8.87. The van der Waals surface area contributed by atoms with Crippen molar-refractivity contribution in [1.82, 2.24) is 19.7 Å². The summed E-state index contributed by atoms with van der Waals surface area (Å²) in [5.74, 6) is 2.01. The minimum atomic E-state index is 0.147. The van der Waals surface area contributed by atoms with Gasteiger partial charge in [0.1, 0.15) is 0 Å². The van der Waals surface area contributed by atoms with Crippen molar-refractivity contribution in [3.05, 3.63) is 65.1 Å². The first-order valence-corrected chi connectivity index (χ1v) is 12.1. The highest BCUT2D eigenvalue weighted by molar-refractivity contribution is 5.76. The zero-order chi connectivity index (χ0) is 23.9. The summed E-state index contributed by atoms with van der Waals surface area (Å²) >= 11 is 0. The fourth-order valence-electron chi connectivity index (χ4n) is 4.40. The van der Waals surface area contributed by atoms with Crippen molar-refractivity contribution in [2.75, 3.05) is 13.2 Å². The molecule has 1 aliphatic rings. The molecule has 3 aromatic rings. The second-order valence-electron chi connectivity index (χ2n) is 8.87. The molecule has 0 bridgehead atoms. The van der Waals surface area contributed by atoms with E-state index < -0.39 is 0 Å². The van der Waals surface area contributed by atoms with Gasteiger partial charge in [-0.15, -0.1) is 0 Å². The number of ether oxygens (including phenoxy) is 2. The number of rotatable bonds is 3. The Balaban J connectivity index is 1.55. The van der Waals surface area contributed by atoms with Crippen molar-refractivity contribution in [3.63, 3.8) is 0 Å². The lowest BCUT2D eigenvalue weighted by Gasteiger charge is -2.24. The van der Waals surface area contributed by atoms with Crippen LogP contribution in [0.5, 0.6) is 17.4 Å². The lowest BCUT2D eigenvalue weighted by molar-refractivity contribution is -0.131. The Hall–Kier alpha value is -3.35. The molecule has 3 heterocycles. The van der Waals surface area contributed by atoms with Crippen LogP contribution in [0.2, 0.25) is 0 Å². The van der Waals surface area contributed by atoms with Crippen LogP contribution < -0.4 is 9.47 Å². The number of amides is 1. The van der Waals surface area contributed by atoms with E-state index in [4.69, 9.17) is 9.47 Å². The molecule has 0 spiro atoms. The van der Waals surface area contributed by atoms with E-state index in [2.05, 4.69) is 17.0 Å². The highest BCUT2D eigenvalue weighted by atomic mass is 16.5. The summed E-state index contributed by atoms with van der Waals surface area (Å²) in [5, 5.41) is 4.49. The van der Waals surface area contributed by atoms with E-state index in [-0.39, 0.29) is 5.91 Å². The zero-order valence-electron chi connectivity index (χ0n) is 20.4. The van der Waals surface area contributed by atoms with Gasteiger partial charge in [-0.2, -0.15) is 5.10 Å². The Morgan fingerprint density at radius 1 is 1.03 bits per heavy atom. The summed E-state index contributed by atoms with van der Waals surface area (Å²) in [4.78, 5) is 19.8. The van der Waals surface area contributed by atoms with Crippen LogP contribution in [0.25, 0.3) is 0 Å². The van der Waals surface area contributed by atoms with E-state index in [1.165, 1.54) is 5.56 Å². The van der Waals surface area contributed by atoms with Crippen molar-refractivity contribution in [2.45, 2.75) is 58.9 Å². The molecule has 0 fully saturated rings. The number of aromatic nitrogens is 3. The first kappa shape index (κ1) is 23.8. The first-order valence-electron chi connectivity index (χ1n) is 12.1. The highest BCUT2D eigenvalue weighted by Crippen LogP contribution is 2.32. The van der Waals surface area contributed by atoms with E-state index in [0.29, 0.717) is 43.4 Å². The molecule has 0 radical (unpaired) electrons. The second kappa shape index (κ2) is 11.2. The molecule has 0 saturated heterocycles. The maximum Gasteiger partial charge on any atom is 0.224 e. The molecule has 180 valence electrons. The molecule has 0 N–H and O–H groups in total. The van der Waals surface area contributed by atoms with Gasteiger partial charge in [-0.05, 0) is 56.9 Å². The molecule has 7 heteroatoms. The van der Waals surface area contributed by atoms with Crippen LogP contribution in [-0.4, -0.2) is 38.7 Å². The van der Waals surface area contributed by atoms with Gasteiger partial charge in [0.15, 0.2) is 11.5 Å². The normalized spacial score (nSPS) is 14.9. The summed E-state index contributed by atoms with van der Waals surface area (Å²) in [5.41, 5.74) is 4.17. The van der Waals surface area contributed by atoms with Crippen LogP contribution in [-0.2, 0) is 24.8 Å². The largest absolute Gasteiger partial charge is 0.490 e. The molecule has 0 aliphatic carbocycles. The van der Waals surface area contributed by atoms with Gasteiger partial charge in [0.25, 0.3) is 0 Å². The minimum Gasteiger partial charge on any atom is -0.490 e. The number of para-hydroxylation sites is 2. The third-order valence-corrected chi connectivity index (χ3v) is 6.45. The number of pyridine rings is 1. The number of carbonyl (C=O) groups is 1. The van der Waals surface area contributed by atoms with Gasteiger partial charge in [-0.3, -0.25) is 9.48 Å². The van der Waals surface area contributed by atoms with E-state index in [1.54, 1.807) is 6.20 Å².